The third kappa shape index (κ3) is 4.15. The molecular weight excluding hydrogens is 328 g/mol. The van der Waals surface area contributed by atoms with Crippen LogP contribution in [0.1, 0.15) is 11.3 Å². The van der Waals surface area contributed by atoms with Crippen LogP contribution < -0.4 is 0 Å². The highest BCUT2D eigenvalue weighted by Gasteiger charge is 2.17. The van der Waals surface area contributed by atoms with Crippen LogP contribution >= 0.6 is 0 Å². The Balaban J connectivity index is 2.15. The first-order chi connectivity index (χ1) is 10.2. The van der Waals surface area contributed by atoms with Crippen LogP contribution in [0.5, 0.6) is 0 Å². The molecule has 7 nitrogen and oxygen atoms in total. The Hall–Kier alpha value is -1.71. The van der Waals surface area contributed by atoms with E-state index < -0.39 is 20.1 Å². The fraction of sp³-hybridized carbons (Fsp3) is 0.308. The van der Waals surface area contributed by atoms with Crippen LogP contribution in [0, 0.1) is 6.92 Å². The number of nitrogens with zero attached hydrogens (tertiary/aromatic N) is 2. The Morgan fingerprint density at radius 1 is 1.14 bits per heavy atom. The quantitative estimate of drug-likeness (QED) is 0.724. The lowest BCUT2D eigenvalue weighted by atomic mass is 10.2. The second kappa shape index (κ2) is 6.19. The molecule has 2 aromatic rings. The molecule has 1 heterocycles. The minimum atomic E-state index is -3.69. The van der Waals surface area contributed by atoms with E-state index in [0.29, 0.717) is 5.69 Å². The molecule has 0 aliphatic carbocycles. The predicted molar refractivity (Wildman–Crippen MR) is 80.5 cm³/mol. The molecule has 0 fully saturated rings. The Bertz CT molecular complexity index is 852. The van der Waals surface area contributed by atoms with Gasteiger partial charge in [-0.25, -0.2) is 17.4 Å². The van der Waals surface area contributed by atoms with Crippen molar-refractivity contribution in [1.29, 1.82) is 0 Å². The third-order valence-corrected chi connectivity index (χ3v) is 5.08. The summed E-state index contributed by atoms with van der Waals surface area (Å²) in [4.78, 5) is 4.12. The molecule has 0 bridgehead atoms. The van der Waals surface area contributed by atoms with Crippen LogP contribution in [-0.4, -0.2) is 38.7 Å². The molecule has 22 heavy (non-hydrogen) atoms. The van der Waals surface area contributed by atoms with Gasteiger partial charge in [-0.3, -0.25) is 4.18 Å². The van der Waals surface area contributed by atoms with Crippen LogP contribution in [0.3, 0.4) is 0 Å². The maximum atomic E-state index is 12.4. The molecular formula is C13H16N2O5S2. The third-order valence-electron chi connectivity index (χ3n) is 2.87. The fourth-order valence-electron chi connectivity index (χ4n) is 1.73. The van der Waals surface area contributed by atoms with Crippen LogP contribution in [0.4, 0.5) is 0 Å². The molecule has 1 aromatic carbocycles. The van der Waals surface area contributed by atoms with E-state index in [0.717, 1.165) is 15.8 Å². The number of rotatable bonds is 6. The Labute approximate surface area is 129 Å². The maximum Gasteiger partial charge on any atom is 0.268 e. The van der Waals surface area contributed by atoms with Crippen LogP contribution in [0.25, 0.3) is 0 Å². The van der Waals surface area contributed by atoms with E-state index in [1.165, 1.54) is 24.7 Å². The summed E-state index contributed by atoms with van der Waals surface area (Å²) in [6, 6.07) is 6.48. The summed E-state index contributed by atoms with van der Waals surface area (Å²) in [6.45, 7) is 1.79. The molecule has 120 valence electrons. The van der Waals surface area contributed by atoms with Gasteiger partial charge in [-0.1, -0.05) is 17.7 Å². The summed E-state index contributed by atoms with van der Waals surface area (Å²) in [5.74, 6) is 0. The summed E-state index contributed by atoms with van der Waals surface area (Å²) in [5.41, 5.74) is 1.39. The number of imidazole rings is 1. The zero-order valence-corrected chi connectivity index (χ0v) is 13.8. The molecule has 0 unspecified atom stereocenters. The Morgan fingerprint density at radius 3 is 2.36 bits per heavy atom. The van der Waals surface area contributed by atoms with Crippen molar-refractivity contribution in [2.45, 2.75) is 18.2 Å². The zero-order valence-electron chi connectivity index (χ0n) is 12.1. The Kier molecular flexibility index (Phi) is 4.69. The highest BCUT2D eigenvalue weighted by Crippen LogP contribution is 2.15. The van der Waals surface area contributed by atoms with E-state index in [2.05, 4.69) is 9.17 Å². The van der Waals surface area contributed by atoms with E-state index in [-0.39, 0.29) is 17.9 Å². The minimum Gasteiger partial charge on any atom is -0.270 e. The van der Waals surface area contributed by atoms with Gasteiger partial charge in [0.2, 0.25) is 0 Å². The highest BCUT2D eigenvalue weighted by atomic mass is 32.2. The summed E-state index contributed by atoms with van der Waals surface area (Å²) in [7, 11) is -7.21. The second-order valence-electron chi connectivity index (χ2n) is 4.79. The normalized spacial score (nSPS) is 12.5. The van der Waals surface area contributed by atoms with Crippen molar-refractivity contribution >= 4 is 20.1 Å². The average molecular weight is 344 g/mol. The fourth-order valence-corrected chi connectivity index (χ4v) is 3.28. The molecule has 0 aliphatic rings. The average Bonchev–Trinajstić information content (AvgIpc) is 2.87. The van der Waals surface area contributed by atoms with Crippen molar-refractivity contribution in [3.8, 4) is 0 Å². The molecule has 0 N–H and O–H groups in total. The van der Waals surface area contributed by atoms with Gasteiger partial charge >= 0.3 is 0 Å². The lowest BCUT2D eigenvalue weighted by molar-refractivity contribution is 0.325. The molecule has 0 amide bonds. The van der Waals surface area contributed by atoms with E-state index >= 15 is 0 Å². The molecule has 1 aromatic heterocycles. The first kappa shape index (κ1) is 16.7. The summed E-state index contributed by atoms with van der Waals surface area (Å²) < 4.78 is 52.1. The standard InChI is InChI=1S/C13H16N2O5S2/c1-11-3-5-13(6-4-11)22(18,19)15-9-12(14-10-15)7-8-20-21(2,16)17/h3-6,9-10H,7-8H2,1-2H3. The molecule has 2 rings (SSSR count). The van der Waals surface area contributed by atoms with Crippen molar-refractivity contribution in [2.24, 2.45) is 0 Å². The SMILES string of the molecule is Cc1ccc(S(=O)(=O)n2cnc(CCOS(C)(=O)=O)c2)cc1. The van der Waals surface area contributed by atoms with E-state index in [1.807, 2.05) is 6.92 Å². The second-order valence-corrected chi connectivity index (χ2v) is 8.28. The lowest BCUT2D eigenvalue weighted by Gasteiger charge is -2.05. The first-order valence-corrected chi connectivity index (χ1v) is 9.64. The predicted octanol–water partition coefficient (Wildman–Crippen LogP) is 0.947. The largest absolute Gasteiger partial charge is 0.270 e. The van der Waals surface area contributed by atoms with Crippen LogP contribution in [-0.2, 0) is 30.7 Å². The monoisotopic (exact) mass is 344 g/mol. The van der Waals surface area contributed by atoms with E-state index in [9.17, 15) is 16.8 Å². The van der Waals surface area contributed by atoms with Gasteiger partial charge in [0.1, 0.15) is 6.33 Å². The van der Waals surface area contributed by atoms with Crippen molar-refractivity contribution in [3.63, 3.8) is 0 Å². The number of benzene rings is 1. The highest BCUT2D eigenvalue weighted by molar-refractivity contribution is 7.90. The molecule has 0 radical (unpaired) electrons. The van der Waals surface area contributed by atoms with Crippen LogP contribution in [0.15, 0.2) is 41.7 Å². The molecule has 0 aliphatic heterocycles. The number of hydrogen-bond acceptors (Lipinski definition) is 6. The number of hydrogen-bond donors (Lipinski definition) is 0. The van der Waals surface area contributed by atoms with Gasteiger partial charge in [-0.2, -0.15) is 8.42 Å². The van der Waals surface area contributed by atoms with Crippen LogP contribution in [0.2, 0.25) is 0 Å². The van der Waals surface area contributed by atoms with Gasteiger partial charge in [0.05, 0.1) is 23.5 Å². The van der Waals surface area contributed by atoms with Crippen molar-refractivity contribution in [2.75, 3.05) is 12.9 Å². The van der Waals surface area contributed by atoms with Crippen molar-refractivity contribution < 1.29 is 21.0 Å². The number of aromatic nitrogens is 2. The first-order valence-electron chi connectivity index (χ1n) is 6.38. The van der Waals surface area contributed by atoms with Crippen molar-refractivity contribution in [3.05, 3.63) is 48.0 Å². The number of aryl methyl sites for hydroxylation is 1. The van der Waals surface area contributed by atoms with Gasteiger partial charge in [0.25, 0.3) is 20.1 Å². The van der Waals surface area contributed by atoms with Gasteiger partial charge in [-0.05, 0) is 19.1 Å². The van der Waals surface area contributed by atoms with Gasteiger partial charge in [-0.15, -0.1) is 0 Å². The van der Waals surface area contributed by atoms with E-state index in [1.54, 1.807) is 12.1 Å². The molecule has 0 spiro atoms. The molecule has 9 heteroatoms. The van der Waals surface area contributed by atoms with E-state index in [4.69, 9.17) is 0 Å². The zero-order chi connectivity index (χ0) is 16.4. The molecule has 0 saturated heterocycles. The Morgan fingerprint density at radius 2 is 1.77 bits per heavy atom. The minimum absolute atomic E-state index is 0.0829. The summed E-state index contributed by atoms with van der Waals surface area (Å²) in [6.07, 6.45) is 3.68. The molecule has 0 saturated carbocycles. The summed E-state index contributed by atoms with van der Waals surface area (Å²) >= 11 is 0. The lowest BCUT2D eigenvalue weighted by Crippen LogP contribution is -2.11. The van der Waals surface area contributed by atoms with Gasteiger partial charge < -0.3 is 0 Å². The topological polar surface area (TPSA) is 95.3 Å². The van der Waals surface area contributed by atoms with Gasteiger partial charge in [0, 0.05) is 12.6 Å². The van der Waals surface area contributed by atoms with Gasteiger partial charge in [0.15, 0.2) is 0 Å². The smallest absolute Gasteiger partial charge is 0.268 e. The maximum absolute atomic E-state index is 12.4. The molecule has 0 atom stereocenters. The van der Waals surface area contributed by atoms with Crippen molar-refractivity contribution in [1.82, 2.24) is 8.96 Å². The summed E-state index contributed by atoms with van der Waals surface area (Å²) in [5, 5.41) is 0.